The van der Waals surface area contributed by atoms with E-state index < -0.39 is 97.5 Å². The maximum Gasteiger partial charge on any atom is 0.472 e. The van der Waals surface area contributed by atoms with Crippen LogP contribution in [-0.2, 0) is 65.4 Å². The fourth-order valence-corrected chi connectivity index (χ4v) is 12.6. The molecule has 0 radical (unpaired) electrons. The van der Waals surface area contributed by atoms with Gasteiger partial charge >= 0.3 is 39.5 Å². The quantitative estimate of drug-likeness (QED) is 0.0222. The number of ether oxygens (including phenoxy) is 4. The molecule has 0 aromatic rings. The van der Waals surface area contributed by atoms with Crippen LogP contribution in [0.15, 0.2) is 0 Å². The molecule has 0 saturated carbocycles. The van der Waals surface area contributed by atoms with Gasteiger partial charge < -0.3 is 33.8 Å². The van der Waals surface area contributed by atoms with Crippen molar-refractivity contribution in [1.29, 1.82) is 0 Å². The summed E-state index contributed by atoms with van der Waals surface area (Å²) in [7, 11) is -9.90. The molecule has 19 heteroatoms. The molecule has 0 bridgehead atoms. The van der Waals surface area contributed by atoms with Crippen LogP contribution in [0.1, 0.15) is 375 Å². The van der Waals surface area contributed by atoms with Crippen molar-refractivity contribution in [2.24, 2.45) is 5.92 Å². The number of hydrogen-bond acceptors (Lipinski definition) is 15. The van der Waals surface area contributed by atoms with E-state index >= 15 is 0 Å². The number of rotatable bonds is 72. The molecule has 540 valence electrons. The van der Waals surface area contributed by atoms with Gasteiger partial charge in [-0.15, -0.1) is 0 Å². The molecule has 91 heavy (non-hydrogen) atoms. The van der Waals surface area contributed by atoms with Crippen molar-refractivity contribution in [2.75, 3.05) is 39.6 Å². The van der Waals surface area contributed by atoms with Gasteiger partial charge in [-0.25, -0.2) is 9.13 Å². The third-order valence-electron chi connectivity index (χ3n) is 16.8. The second-order valence-electron chi connectivity index (χ2n) is 26.5. The molecule has 0 aromatic heterocycles. The van der Waals surface area contributed by atoms with Crippen LogP contribution in [0.2, 0.25) is 0 Å². The first-order chi connectivity index (χ1) is 44.0. The second kappa shape index (κ2) is 65.4. The first kappa shape index (κ1) is 89.1. The predicted octanol–water partition coefficient (Wildman–Crippen LogP) is 20.9. The zero-order valence-corrected chi connectivity index (χ0v) is 60.8. The molecule has 0 aliphatic heterocycles. The van der Waals surface area contributed by atoms with Crippen LogP contribution >= 0.6 is 15.6 Å². The molecule has 0 aliphatic rings. The van der Waals surface area contributed by atoms with Gasteiger partial charge in [-0.3, -0.25) is 37.3 Å². The van der Waals surface area contributed by atoms with Crippen LogP contribution in [0.4, 0.5) is 0 Å². The molecule has 0 spiro atoms. The van der Waals surface area contributed by atoms with Crippen molar-refractivity contribution in [1.82, 2.24) is 0 Å². The Balaban J connectivity index is 5.23. The van der Waals surface area contributed by atoms with Gasteiger partial charge in [-0.1, -0.05) is 324 Å². The Bertz CT molecular complexity index is 1750. The molecule has 0 saturated heterocycles. The summed E-state index contributed by atoms with van der Waals surface area (Å²) in [6.07, 6.45) is 52.6. The zero-order chi connectivity index (χ0) is 67.0. The lowest BCUT2D eigenvalue weighted by molar-refractivity contribution is -0.161. The van der Waals surface area contributed by atoms with Crippen molar-refractivity contribution in [3.8, 4) is 0 Å². The summed E-state index contributed by atoms with van der Waals surface area (Å²) in [5.74, 6) is -1.36. The van der Waals surface area contributed by atoms with Crippen LogP contribution in [-0.4, -0.2) is 96.7 Å². The highest BCUT2D eigenvalue weighted by atomic mass is 31.2. The Hall–Kier alpha value is -1.94. The summed E-state index contributed by atoms with van der Waals surface area (Å²) in [4.78, 5) is 72.6. The van der Waals surface area contributed by atoms with E-state index in [4.69, 9.17) is 37.0 Å². The number of aliphatic hydroxyl groups excluding tert-OH is 1. The number of unbranched alkanes of at least 4 members (excludes halogenated alkanes) is 44. The summed E-state index contributed by atoms with van der Waals surface area (Å²) >= 11 is 0. The SMILES string of the molecule is CCCCCCCCCCCCCCCCCCCC(=O)O[C@H](COC(=O)CCCCCCCCCCCCC(C)C)COP(=O)(O)OC[C@@H](O)COP(=O)(O)OC[C@@H](COC(=O)CCCCCCCCCCCC)OC(=O)CCCCCCCCCCCCC. The van der Waals surface area contributed by atoms with E-state index in [0.29, 0.717) is 25.7 Å². The minimum absolute atomic E-state index is 0.107. The van der Waals surface area contributed by atoms with E-state index in [1.807, 2.05) is 0 Å². The minimum atomic E-state index is -4.95. The van der Waals surface area contributed by atoms with Gasteiger partial charge in [0, 0.05) is 25.7 Å². The smallest absolute Gasteiger partial charge is 0.462 e. The predicted molar refractivity (Wildman–Crippen MR) is 368 cm³/mol. The Morgan fingerprint density at radius 2 is 0.505 bits per heavy atom. The standard InChI is InChI=1S/C72H140O17P2/c1-6-9-12-15-18-21-24-25-26-27-28-29-31-38-43-48-53-58-72(77)89-68(62-83-70(75)56-51-46-41-36-33-32-34-39-44-49-54-65(4)5)64-87-91(80,81)85-60-66(73)59-84-90(78,79)86-63-67(61-82-69(74)55-50-45-40-35-23-20-17-14-11-8-3)88-71(76)57-52-47-42-37-30-22-19-16-13-10-7-2/h65-68,73H,6-64H2,1-5H3,(H,78,79)(H,80,81)/t66-,67+,68+/m0/s1. The van der Waals surface area contributed by atoms with Gasteiger partial charge in [-0.2, -0.15) is 0 Å². The molecule has 17 nitrogen and oxygen atoms in total. The number of carbonyl (C=O) groups excluding carboxylic acids is 4. The van der Waals surface area contributed by atoms with Crippen LogP contribution in [0.5, 0.6) is 0 Å². The van der Waals surface area contributed by atoms with Gasteiger partial charge in [0.2, 0.25) is 0 Å². The lowest BCUT2D eigenvalue weighted by Crippen LogP contribution is -2.30. The van der Waals surface area contributed by atoms with Gasteiger partial charge in [0.05, 0.1) is 26.4 Å². The molecule has 0 aliphatic carbocycles. The summed E-state index contributed by atoms with van der Waals surface area (Å²) in [5, 5.41) is 10.6. The Labute approximate surface area is 556 Å². The molecule has 0 heterocycles. The van der Waals surface area contributed by atoms with Crippen LogP contribution in [0.25, 0.3) is 0 Å². The number of hydrogen-bond donors (Lipinski definition) is 3. The Kier molecular flexibility index (Phi) is 64.0. The molecular weight excluding hydrogens is 1200 g/mol. The number of phosphoric ester groups is 2. The molecule has 0 fully saturated rings. The molecule has 5 atom stereocenters. The molecule has 0 amide bonds. The van der Waals surface area contributed by atoms with E-state index in [1.165, 1.54) is 199 Å². The molecule has 0 rings (SSSR count). The minimum Gasteiger partial charge on any atom is -0.462 e. The van der Waals surface area contributed by atoms with E-state index in [2.05, 4.69) is 34.6 Å². The van der Waals surface area contributed by atoms with E-state index in [1.54, 1.807) is 0 Å². The first-order valence-electron chi connectivity index (χ1n) is 37.6. The van der Waals surface area contributed by atoms with Gasteiger partial charge in [0.1, 0.15) is 19.3 Å². The van der Waals surface area contributed by atoms with Crippen molar-refractivity contribution < 1.29 is 80.2 Å². The number of aliphatic hydroxyl groups is 1. The van der Waals surface area contributed by atoms with Crippen molar-refractivity contribution >= 4 is 39.5 Å². The van der Waals surface area contributed by atoms with Crippen molar-refractivity contribution in [3.63, 3.8) is 0 Å². The third kappa shape index (κ3) is 66.5. The van der Waals surface area contributed by atoms with E-state index in [-0.39, 0.29) is 25.7 Å². The highest BCUT2D eigenvalue weighted by Gasteiger charge is 2.30. The van der Waals surface area contributed by atoms with E-state index in [0.717, 1.165) is 95.8 Å². The topological polar surface area (TPSA) is 237 Å². The fourth-order valence-electron chi connectivity index (χ4n) is 11.0. The third-order valence-corrected chi connectivity index (χ3v) is 18.7. The van der Waals surface area contributed by atoms with E-state index in [9.17, 15) is 43.2 Å². The molecular formula is C72H140O17P2. The van der Waals surface area contributed by atoms with Gasteiger partial charge in [-0.05, 0) is 31.6 Å². The lowest BCUT2D eigenvalue weighted by Gasteiger charge is -2.21. The average molecular weight is 1340 g/mol. The van der Waals surface area contributed by atoms with Crippen molar-refractivity contribution in [2.45, 2.75) is 393 Å². The average Bonchev–Trinajstić information content (AvgIpc) is 2.36. The normalized spacial score (nSPS) is 14.0. The lowest BCUT2D eigenvalue weighted by atomic mass is 10.0. The monoisotopic (exact) mass is 1340 g/mol. The van der Waals surface area contributed by atoms with Crippen molar-refractivity contribution in [3.05, 3.63) is 0 Å². The second-order valence-corrected chi connectivity index (χ2v) is 29.4. The Morgan fingerprint density at radius 1 is 0.297 bits per heavy atom. The number of esters is 4. The zero-order valence-electron chi connectivity index (χ0n) is 59.0. The largest absolute Gasteiger partial charge is 0.472 e. The molecule has 0 aromatic carbocycles. The summed E-state index contributed by atoms with van der Waals surface area (Å²) in [6.45, 7) is 7.25. The molecule has 3 N–H and O–H groups in total. The van der Waals surface area contributed by atoms with Gasteiger partial charge in [0.15, 0.2) is 12.2 Å². The number of carbonyl (C=O) groups is 4. The van der Waals surface area contributed by atoms with Crippen LogP contribution < -0.4 is 0 Å². The number of phosphoric acid groups is 2. The molecule has 2 unspecified atom stereocenters. The highest BCUT2D eigenvalue weighted by molar-refractivity contribution is 7.47. The fraction of sp³-hybridized carbons (Fsp3) is 0.944. The Morgan fingerprint density at radius 3 is 0.747 bits per heavy atom. The summed E-state index contributed by atoms with van der Waals surface area (Å²) < 4.78 is 68.3. The highest BCUT2D eigenvalue weighted by Crippen LogP contribution is 2.45. The van der Waals surface area contributed by atoms with Crippen LogP contribution in [0.3, 0.4) is 0 Å². The maximum absolute atomic E-state index is 13.0. The van der Waals surface area contributed by atoms with Gasteiger partial charge in [0.25, 0.3) is 0 Å². The summed E-state index contributed by atoms with van der Waals surface area (Å²) in [6, 6.07) is 0. The summed E-state index contributed by atoms with van der Waals surface area (Å²) in [5.41, 5.74) is 0. The van der Waals surface area contributed by atoms with Crippen LogP contribution in [0, 0.1) is 5.92 Å². The first-order valence-corrected chi connectivity index (χ1v) is 40.6. The maximum atomic E-state index is 13.0.